The van der Waals surface area contributed by atoms with Gasteiger partial charge in [-0.1, -0.05) is 30.7 Å². The number of hydrogen-bond donors (Lipinski definition) is 1. The van der Waals surface area contributed by atoms with Gasteiger partial charge in [0.25, 0.3) is 0 Å². The molecule has 0 aromatic heterocycles. The number of benzene rings is 1. The van der Waals surface area contributed by atoms with Crippen LogP contribution in [0.1, 0.15) is 44.7 Å². The van der Waals surface area contributed by atoms with E-state index in [0.717, 1.165) is 29.9 Å². The lowest BCUT2D eigenvalue weighted by Gasteiger charge is -2.37. The Kier molecular flexibility index (Phi) is 5.88. The quantitative estimate of drug-likeness (QED) is 0.879. The molecular weight excluding hydrogens is 268 g/mol. The van der Waals surface area contributed by atoms with Gasteiger partial charge in [0.2, 0.25) is 0 Å². The minimum Gasteiger partial charge on any atom is -0.313 e. The van der Waals surface area contributed by atoms with Gasteiger partial charge in [0.15, 0.2) is 0 Å². The first-order valence-corrected chi connectivity index (χ1v) is 8.14. The van der Waals surface area contributed by atoms with Crippen LogP contribution in [0.3, 0.4) is 0 Å². The average Bonchev–Trinajstić information content (AvgIpc) is 2.43. The summed E-state index contributed by atoms with van der Waals surface area (Å²) in [5.41, 5.74) is 1.29. The first kappa shape index (κ1) is 15.8. The van der Waals surface area contributed by atoms with Crippen molar-refractivity contribution < 1.29 is 0 Å². The molecule has 2 rings (SSSR count). The Bertz CT molecular complexity index is 421. The van der Waals surface area contributed by atoms with Gasteiger partial charge in [-0.15, -0.1) is 0 Å². The molecule has 1 aliphatic rings. The summed E-state index contributed by atoms with van der Waals surface area (Å²) < 4.78 is 0. The molecule has 1 saturated heterocycles. The Labute approximate surface area is 128 Å². The zero-order valence-corrected chi connectivity index (χ0v) is 13.7. The molecule has 0 spiro atoms. The standard InChI is InChI=1S/C17H27ClN2/c1-13-7-8-14(2)20(12-13)10-9-17(19-3)15-5-4-6-16(18)11-15/h4-6,11,13-14,17,19H,7-10,12H2,1-3H3. The normalized spacial score (nSPS) is 25.6. The highest BCUT2D eigenvalue weighted by Gasteiger charge is 2.23. The van der Waals surface area contributed by atoms with E-state index in [1.165, 1.54) is 24.9 Å². The summed E-state index contributed by atoms with van der Waals surface area (Å²) in [4.78, 5) is 2.64. The minimum absolute atomic E-state index is 0.387. The van der Waals surface area contributed by atoms with Crippen LogP contribution >= 0.6 is 11.6 Å². The molecule has 3 heteroatoms. The highest BCUT2D eigenvalue weighted by Crippen LogP contribution is 2.24. The maximum atomic E-state index is 6.10. The van der Waals surface area contributed by atoms with Gasteiger partial charge in [0, 0.05) is 30.2 Å². The second-order valence-corrected chi connectivity index (χ2v) is 6.65. The first-order valence-electron chi connectivity index (χ1n) is 7.77. The monoisotopic (exact) mass is 294 g/mol. The Morgan fingerprint density at radius 3 is 2.85 bits per heavy atom. The van der Waals surface area contributed by atoms with Crippen LogP contribution in [0.5, 0.6) is 0 Å². The van der Waals surface area contributed by atoms with Crippen LogP contribution in [0.2, 0.25) is 5.02 Å². The van der Waals surface area contributed by atoms with Gasteiger partial charge in [-0.25, -0.2) is 0 Å². The predicted octanol–water partition coefficient (Wildman–Crippen LogP) is 4.11. The number of likely N-dealkylation sites (tertiary alicyclic amines) is 1. The maximum Gasteiger partial charge on any atom is 0.0409 e. The van der Waals surface area contributed by atoms with Gasteiger partial charge in [-0.05, 0) is 56.8 Å². The average molecular weight is 295 g/mol. The Morgan fingerprint density at radius 2 is 2.15 bits per heavy atom. The fourth-order valence-electron chi connectivity index (χ4n) is 3.19. The van der Waals surface area contributed by atoms with E-state index in [1.807, 2.05) is 19.2 Å². The van der Waals surface area contributed by atoms with E-state index in [4.69, 9.17) is 11.6 Å². The van der Waals surface area contributed by atoms with Crippen LogP contribution in [0, 0.1) is 5.92 Å². The lowest BCUT2D eigenvalue weighted by atomic mass is 9.94. The third-order valence-electron chi connectivity index (χ3n) is 4.55. The number of halogens is 1. The van der Waals surface area contributed by atoms with Crippen LogP contribution in [0.25, 0.3) is 0 Å². The summed E-state index contributed by atoms with van der Waals surface area (Å²) in [6.07, 6.45) is 3.85. The van der Waals surface area contributed by atoms with Crippen LogP contribution in [0.15, 0.2) is 24.3 Å². The number of nitrogens with one attached hydrogen (secondary N) is 1. The van der Waals surface area contributed by atoms with Gasteiger partial charge in [0.1, 0.15) is 0 Å². The van der Waals surface area contributed by atoms with Gasteiger partial charge in [0.05, 0.1) is 0 Å². The second kappa shape index (κ2) is 7.44. The molecule has 1 aromatic rings. The van der Waals surface area contributed by atoms with Crippen molar-refractivity contribution in [3.8, 4) is 0 Å². The van der Waals surface area contributed by atoms with Crippen LogP contribution < -0.4 is 5.32 Å². The molecule has 3 unspecified atom stereocenters. The van der Waals surface area contributed by atoms with Gasteiger partial charge < -0.3 is 10.2 Å². The summed E-state index contributed by atoms with van der Waals surface area (Å²) in [6.45, 7) is 7.13. The van der Waals surface area contributed by atoms with E-state index in [2.05, 4.69) is 36.2 Å². The van der Waals surface area contributed by atoms with Gasteiger partial charge in [-0.3, -0.25) is 0 Å². The van der Waals surface area contributed by atoms with E-state index in [1.54, 1.807) is 0 Å². The van der Waals surface area contributed by atoms with Crippen molar-refractivity contribution in [2.24, 2.45) is 5.92 Å². The maximum absolute atomic E-state index is 6.10. The fourth-order valence-corrected chi connectivity index (χ4v) is 3.39. The molecule has 0 saturated carbocycles. The number of hydrogen-bond acceptors (Lipinski definition) is 2. The van der Waals surface area contributed by atoms with Gasteiger partial charge in [-0.2, -0.15) is 0 Å². The van der Waals surface area contributed by atoms with E-state index < -0.39 is 0 Å². The van der Waals surface area contributed by atoms with Crippen molar-refractivity contribution in [3.63, 3.8) is 0 Å². The lowest BCUT2D eigenvalue weighted by Crippen LogP contribution is -2.42. The van der Waals surface area contributed by atoms with Crippen molar-refractivity contribution in [3.05, 3.63) is 34.9 Å². The molecule has 0 bridgehead atoms. The lowest BCUT2D eigenvalue weighted by molar-refractivity contribution is 0.119. The molecule has 0 radical (unpaired) electrons. The zero-order chi connectivity index (χ0) is 14.5. The van der Waals surface area contributed by atoms with Crippen LogP contribution in [-0.2, 0) is 0 Å². The van der Waals surface area contributed by atoms with E-state index >= 15 is 0 Å². The van der Waals surface area contributed by atoms with Gasteiger partial charge >= 0.3 is 0 Å². The summed E-state index contributed by atoms with van der Waals surface area (Å²) in [6, 6.07) is 9.32. The number of rotatable bonds is 5. The second-order valence-electron chi connectivity index (χ2n) is 6.21. The first-order chi connectivity index (χ1) is 9.60. The molecule has 1 aliphatic heterocycles. The van der Waals surface area contributed by atoms with E-state index in [0.29, 0.717) is 6.04 Å². The number of nitrogens with zero attached hydrogens (tertiary/aromatic N) is 1. The summed E-state index contributed by atoms with van der Waals surface area (Å²) in [5, 5.41) is 4.25. The summed E-state index contributed by atoms with van der Waals surface area (Å²) in [7, 11) is 2.04. The van der Waals surface area contributed by atoms with Crippen molar-refractivity contribution >= 4 is 11.6 Å². The summed E-state index contributed by atoms with van der Waals surface area (Å²) >= 11 is 6.10. The van der Waals surface area contributed by atoms with Crippen molar-refractivity contribution in [2.75, 3.05) is 20.1 Å². The predicted molar refractivity (Wildman–Crippen MR) is 87.3 cm³/mol. The van der Waals surface area contributed by atoms with Crippen molar-refractivity contribution in [1.29, 1.82) is 0 Å². The highest BCUT2D eigenvalue weighted by atomic mass is 35.5. The molecule has 1 heterocycles. The SMILES string of the molecule is CNC(CCN1CC(C)CCC1C)c1cccc(Cl)c1. The molecule has 0 amide bonds. The largest absolute Gasteiger partial charge is 0.313 e. The third kappa shape index (κ3) is 4.21. The molecule has 1 fully saturated rings. The molecule has 1 aromatic carbocycles. The smallest absolute Gasteiger partial charge is 0.0409 e. The van der Waals surface area contributed by atoms with E-state index in [-0.39, 0.29) is 0 Å². The Hall–Kier alpha value is -0.570. The Morgan fingerprint density at radius 1 is 1.35 bits per heavy atom. The fraction of sp³-hybridized carbons (Fsp3) is 0.647. The van der Waals surface area contributed by atoms with Crippen molar-refractivity contribution in [1.82, 2.24) is 10.2 Å². The molecule has 3 atom stereocenters. The van der Waals surface area contributed by atoms with E-state index in [9.17, 15) is 0 Å². The summed E-state index contributed by atoms with van der Waals surface area (Å²) in [5.74, 6) is 0.838. The molecular formula is C17H27ClN2. The molecule has 112 valence electrons. The zero-order valence-electron chi connectivity index (χ0n) is 12.9. The molecule has 20 heavy (non-hydrogen) atoms. The highest BCUT2D eigenvalue weighted by molar-refractivity contribution is 6.30. The molecule has 1 N–H and O–H groups in total. The minimum atomic E-state index is 0.387. The topological polar surface area (TPSA) is 15.3 Å². The van der Waals surface area contributed by atoms with Crippen molar-refractivity contribution in [2.45, 2.75) is 45.2 Å². The third-order valence-corrected chi connectivity index (χ3v) is 4.79. The number of piperidine rings is 1. The van der Waals surface area contributed by atoms with Crippen LogP contribution in [0.4, 0.5) is 0 Å². The Balaban J connectivity index is 1.93. The molecule has 2 nitrogen and oxygen atoms in total. The van der Waals surface area contributed by atoms with Crippen LogP contribution in [-0.4, -0.2) is 31.1 Å². The molecule has 0 aliphatic carbocycles.